The number of carbonyl (C=O) groups is 1. The molecule has 1 saturated heterocycles. The Morgan fingerprint density at radius 1 is 1.08 bits per heavy atom. The number of piperidine rings is 1. The number of carbonyl (C=O) groups excluding carboxylic acids is 1. The topological polar surface area (TPSA) is 69.7 Å². The van der Waals surface area contributed by atoms with E-state index < -0.39 is 21.8 Å². The third kappa shape index (κ3) is 5.36. The van der Waals surface area contributed by atoms with E-state index in [9.17, 15) is 26.4 Å². The minimum Gasteiger partial charge on any atom is -0.366 e. The number of nitrogens with zero attached hydrogens (tertiary/aromatic N) is 2. The molecule has 1 N–H and O–H groups in total. The molecule has 0 aromatic heterocycles. The van der Waals surface area contributed by atoms with Crippen LogP contribution in [0.15, 0.2) is 42.5 Å². The van der Waals surface area contributed by atoms with Crippen molar-refractivity contribution in [2.45, 2.75) is 50.7 Å². The van der Waals surface area contributed by atoms with Crippen LogP contribution in [-0.2, 0) is 28.2 Å². The summed E-state index contributed by atoms with van der Waals surface area (Å²) in [6.45, 7) is 4.40. The molecule has 10 heteroatoms. The molecule has 0 unspecified atom stereocenters. The first-order chi connectivity index (χ1) is 17.5. The summed E-state index contributed by atoms with van der Waals surface area (Å²) in [5, 5.41) is 3.02. The summed E-state index contributed by atoms with van der Waals surface area (Å²) in [4.78, 5) is 15.1. The maximum Gasteiger partial charge on any atom is 0.416 e. The molecule has 200 valence electrons. The Labute approximate surface area is 215 Å². The van der Waals surface area contributed by atoms with Crippen LogP contribution in [0.2, 0.25) is 0 Å². The van der Waals surface area contributed by atoms with Crippen molar-refractivity contribution >= 4 is 21.6 Å². The Morgan fingerprint density at radius 2 is 1.76 bits per heavy atom. The van der Waals surface area contributed by atoms with Gasteiger partial charge in [0.2, 0.25) is 10.0 Å². The lowest BCUT2D eigenvalue weighted by molar-refractivity contribution is -0.137. The summed E-state index contributed by atoms with van der Waals surface area (Å²) >= 11 is 0. The summed E-state index contributed by atoms with van der Waals surface area (Å²) in [5.74, 6) is 0.169. The van der Waals surface area contributed by atoms with E-state index in [1.54, 1.807) is 6.92 Å². The summed E-state index contributed by atoms with van der Waals surface area (Å²) in [5.41, 5.74) is 2.92. The predicted octanol–water partition coefficient (Wildman–Crippen LogP) is 4.55. The van der Waals surface area contributed by atoms with Gasteiger partial charge in [0.15, 0.2) is 0 Å². The first-order valence-electron chi connectivity index (χ1n) is 12.8. The molecule has 1 amide bonds. The van der Waals surface area contributed by atoms with E-state index in [4.69, 9.17) is 0 Å². The van der Waals surface area contributed by atoms with Crippen molar-refractivity contribution < 1.29 is 26.4 Å². The average Bonchev–Trinajstić information content (AvgIpc) is 3.66. The minimum atomic E-state index is -4.36. The van der Waals surface area contributed by atoms with Gasteiger partial charge in [-0.1, -0.05) is 6.07 Å². The second-order valence-corrected chi connectivity index (χ2v) is 12.8. The zero-order valence-corrected chi connectivity index (χ0v) is 21.7. The van der Waals surface area contributed by atoms with Gasteiger partial charge in [-0.2, -0.15) is 13.2 Å². The van der Waals surface area contributed by atoms with Crippen LogP contribution in [0.3, 0.4) is 0 Å². The van der Waals surface area contributed by atoms with Gasteiger partial charge in [0.25, 0.3) is 5.91 Å². The van der Waals surface area contributed by atoms with Gasteiger partial charge in [0.1, 0.15) is 0 Å². The molecule has 3 aliphatic rings. The first-order valence-corrected chi connectivity index (χ1v) is 14.4. The molecule has 0 atom stereocenters. The van der Waals surface area contributed by atoms with E-state index in [0.717, 1.165) is 42.8 Å². The third-order valence-corrected chi connectivity index (χ3v) is 9.97. The molecule has 1 aliphatic carbocycles. The third-order valence-electron chi connectivity index (χ3n) is 8.09. The van der Waals surface area contributed by atoms with Gasteiger partial charge in [0.05, 0.1) is 11.3 Å². The molecule has 1 saturated carbocycles. The van der Waals surface area contributed by atoms with Gasteiger partial charge in [-0.05, 0) is 86.1 Å². The number of hydrogen-bond donors (Lipinski definition) is 1. The van der Waals surface area contributed by atoms with Crippen LogP contribution in [0.1, 0.15) is 59.7 Å². The number of sulfonamides is 1. The smallest absolute Gasteiger partial charge is 0.366 e. The number of amides is 1. The SMILES string of the molecule is CCS(=O)(=O)N1CCC(CNC(=O)c2ccc3c(c2)CN(c2ccc(C(F)(F)F)cc2)CC32CC2)CC1. The van der Waals surface area contributed by atoms with E-state index in [-0.39, 0.29) is 23.0 Å². The molecule has 2 aromatic rings. The van der Waals surface area contributed by atoms with Crippen LogP contribution in [0, 0.1) is 5.92 Å². The van der Waals surface area contributed by atoms with Crippen LogP contribution in [-0.4, -0.2) is 50.6 Å². The van der Waals surface area contributed by atoms with Gasteiger partial charge in [-0.15, -0.1) is 0 Å². The Balaban J connectivity index is 1.24. The number of hydrogen-bond acceptors (Lipinski definition) is 4. The van der Waals surface area contributed by atoms with E-state index in [0.29, 0.717) is 44.6 Å². The van der Waals surface area contributed by atoms with Crippen LogP contribution in [0.4, 0.5) is 18.9 Å². The zero-order chi connectivity index (χ0) is 26.4. The number of nitrogens with one attached hydrogen (secondary N) is 1. The molecule has 1 spiro atoms. The second kappa shape index (κ2) is 9.62. The number of alkyl halides is 3. The monoisotopic (exact) mass is 535 g/mol. The highest BCUT2D eigenvalue weighted by Crippen LogP contribution is 2.53. The average molecular weight is 536 g/mol. The fourth-order valence-corrected chi connectivity index (χ4v) is 6.76. The van der Waals surface area contributed by atoms with Gasteiger partial charge in [-0.3, -0.25) is 4.79 Å². The quantitative estimate of drug-likeness (QED) is 0.590. The molecule has 0 radical (unpaired) electrons. The van der Waals surface area contributed by atoms with Crippen molar-refractivity contribution in [3.63, 3.8) is 0 Å². The Morgan fingerprint density at radius 3 is 2.35 bits per heavy atom. The van der Waals surface area contributed by atoms with E-state index in [1.165, 1.54) is 22.0 Å². The molecule has 2 aromatic carbocycles. The molecule has 0 bridgehead atoms. The molecule has 2 heterocycles. The van der Waals surface area contributed by atoms with Crippen LogP contribution in [0.25, 0.3) is 0 Å². The predicted molar refractivity (Wildman–Crippen MR) is 136 cm³/mol. The maximum atomic E-state index is 13.0. The van der Waals surface area contributed by atoms with E-state index >= 15 is 0 Å². The van der Waals surface area contributed by atoms with Crippen molar-refractivity contribution in [1.82, 2.24) is 9.62 Å². The van der Waals surface area contributed by atoms with Gasteiger partial charge in [-0.25, -0.2) is 12.7 Å². The van der Waals surface area contributed by atoms with E-state index in [1.807, 2.05) is 18.2 Å². The van der Waals surface area contributed by atoms with Crippen LogP contribution in [0.5, 0.6) is 0 Å². The summed E-state index contributed by atoms with van der Waals surface area (Å²) in [6, 6.07) is 11.1. The van der Waals surface area contributed by atoms with Crippen molar-refractivity contribution in [1.29, 1.82) is 0 Å². The molecule has 2 aliphatic heterocycles. The highest BCUT2D eigenvalue weighted by molar-refractivity contribution is 7.89. The highest BCUT2D eigenvalue weighted by Gasteiger charge is 2.49. The Hall–Kier alpha value is -2.59. The lowest BCUT2D eigenvalue weighted by Gasteiger charge is -2.37. The lowest BCUT2D eigenvalue weighted by Crippen LogP contribution is -2.42. The Bertz CT molecular complexity index is 1270. The Kier molecular flexibility index (Phi) is 6.77. The molecular formula is C27H32F3N3O3S. The van der Waals surface area contributed by atoms with Gasteiger partial charge >= 0.3 is 6.18 Å². The molecule has 6 nitrogen and oxygen atoms in total. The minimum absolute atomic E-state index is 0.00190. The van der Waals surface area contributed by atoms with Crippen molar-refractivity contribution in [2.75, 3.05) is 36.8 Å². The van der Waals surface area contributed by atoms with Crippen molar-refractivity contribution in [3.05, 3.63) is 64.7 Å². The number of rotatable bonds is 6. The molecule has 5 rings (SSSR count). The number of anilines is 1. The number of halogens is 3. The molecular weight excluding hydrogens is 503 g/mol. The lowest BCUT2D eigenvalue weighted by atomic mass is 9.85. The fraction of sp³-hybridized carbons (Fsp3) is 0.519. The summed E-state index contributed by atoms with van der Waals surface area (Å²) in [6.07, 6.45) is -0.885. The summed E-state index contributed by atoms with van der Waals surface area (Å²) in [7, 11) is -3.17. The van der Waals surface area contributed by atoms with Crippen molar-refractivity contribution in [2.24, 2.45) is 5.92 Å². The van der Waals surface area contributed by atoms with Crippen LogP contribution < -0.4 is 10.2 Å². The standard InChI is InChI=1S/C27H32F3N3O3S/c1-2-37(35,36)33-13-9-19(10-14-33)16-31-25(34)20-3-8-24-21(15-20)17-32(18-26(24)11-12-26)23-6-4-22(5-7-23)27(28,29)30/h3-8,15,19H,2,9-14,16-18H2,1H3,(H,31,34). The number of benzene rings is 2. The highest BCUT2D eigenvalue weighted by atomic mass is 32.2. The van der Waals surface area contributed by atoms with Crippen molar-refractivity contribution in [3.8, 4) is 0 Å². The van der Waals surface area contributed by atoms with Gasteiger partial charge < -0.3 is 10.2 Å². The number of fused-ring (bicyclic) bond motifs is 2. The molecule has 2 fully saturated rings. The van der Waals surface area contributed by atoms with E-state index in [2.05, 4.69) is 10.2 Å². The first kappa shape index (κ1) is 26.0. The van der Waals surface area contributed by atoms with Gasteiger partial charge in [0, 0.05) is 49.4 Å². The largest absolute Gasteiger partial charge is 0.416 e. The molecule has 37 heavy (non-hydrogen) atoms. The fourth-order valence-electron chi connectivity index (χ4n) is 5.63. The second-order valence-electron chi connectivity index (χ2n) is 10.5. The summed E-state index contributed by atoms with van der Waals surface area (Å²) < 4.78 is 64.6. The zero-order valence-electron chi connectivity index (χ0n) is 20.9. The van der Waals surface area contributed by atoms with Crippen LogP contribution >= 0.6 is 0 Å². The maximum absolute atomic E-state index is 13.0. The normalized spacial score (nSPS) is 20.1.